The van der Waals surface area contributed by atoms with Crippen LogP contribution in [0.25, 0.3) is 0 Å². The van der Waals surface area contributed by atoms with Crippen LogP contribution in [0.4, 0.5) is 0 Å². The van der Waals surface area contributed by atoms with Gasteiger partial charge in [0.1, 0.15) is 5.82 Å². The molecule has 1 aliphatic heterocycles. The maximum atomic E-state index is 6.38. The minimum absolute atomic E-state index is 0.188. The maximum absolute atomic E-state index is 6.38. The fourth-order valence-electron chi connectivity index (χ4n) is 2.85. The molecule has 0 bridgehead atoms. The SMILES string of the molecule is CCCN1CCCCC(N)C1c1ccnc(C)n1. The van der Waals surface area contributed by atoms with Crippen molar-refractivity contribution in [3.63, 3.8) is 0 Å². The molecule has 2 rings (SSSR count). The molecule has 1 fully saturated rings. The van der Waals surface area contributed by atoms with Crippen LogP contribution < -0.4 is 5.73 Å². The first-order chi connectivity index (χ1) is 8.72. The molecule has 4 heteroatoms. The fourth-order valence-corrected chi connectivity index (χ4v) is 2.85. The number of aryl methyl sites for hydroxylation is 1. The highest BCUT2D eigenvalue weighted by atomic mass is 15.2. The highest BCUT2D eigenvalue weighted by Gasteiger charge is 2.29. The molecule has 2 atom stereocenters. The van der Waals surface area contributed by atoms with Crippen molar-refractivity contribution in [3.05, 3.63) is 23.8 Å². The molecule has 0 saturated carbocycles. The molecule has 1 aliphatic rings. The van der Waals surface area contributed by atoms with E-state index in [1.807, 2.05) is 19.2 Å². The molecule has 4 nitrogen and oxygen atoms in total. The topological polar surface area (TPSA) is 55.0 Å². The largest absolute Gasteiger partial charge is 0.326 e. The van der Waals surface area contributed by atoms with Gasteiger partial charge in [-0.05, 0) is 45.3 Å². The van der Waals surface area contributed by atoms with Gasteiger partial charge in [-0.2, -0.15) is 0 Å². The van der Waals surface area contributed by atoms with E-state index in [0.717, 1.165) is 37.4 Å². The molecule has 0 radical (unpaired) electrons. The Morgan fingerprint density at radius 1 is 1.44 bits per heavy atom. The predicted molar refractivity (Wildman–Crippen MR) is 73.2 cm³/mol. The zero-order valence-corrected chi connectivity index (χ0v) is 11.5. The van der Waals surface area contributed by atoms with Crippen LogP contribution in [-0.4, -0.2) is 34.0 Å². The van der Waals surface area contributed by atoms with Gasteiger partial charge in [0.15, 0.2) is 0 Å². The summed E-state index contributed by atoms with van der Waals surface area (Å²) in [5.74, 6) is 0.834. The monoisotopic (exact) mass is 248 g/mol. The Balaban J connectivity index is 2.28. The van der Waals surface area contributed by atoms with Crippen molar-refractivity contribution < 1.29 is 0 Å². The third-order valence-corrected chi connectivity index (χ3v) is 3.64. The van der Waals surface area contributed by atoms with E-state index < -0.39 is 0 Å². The summed E-state index contributed by atoms with van der Waals surface area (Å²) in [6, 6.07) is 2.47. The molecule has 0 aliphatic carbocycles. The van der Waals surface area contributed by atoms with Crippen molar-refractivity contribution in [2.24, 2.45) is 5.73 Å². The Morgan fingerprint density at radius 2 is 2.28 bits per heavy atom. The molecule has 18 heavy (non-hydrogen) atoms. The van der Waals surface area contributed by atoms with Crippen molar-refractivity contribution in [1.82, 2.24) is 14.9 Å². The second-order valence-electron chi connectivity index (χ2n) is 5.17. The van der Waals surface area contributed by atoms with Gasteiger partial charge in [-0.1, -0.05) is 13.3 Å². The molecule has 2 heterocycles. The van der Waals surface area contributed by atoms with Crippen LogP contribution in [0.3, 0.4) is 0 Å². The lowest BCUT2D eigenvalue weighted by molar-refractivity contribution is 0.181. The summed E-state index contributed by atoms with van der Waals surface area (Å²) in [5, 5.41) is 0. The normalized spacial score (nSPS) is 25.9. The molecule has 2 N–H and O–H groups in total. The average molecular weight is 248 g/mol. The average Bonchev–Trinajstić information content (AvgIpc) is 2.52. The summed E-state index contributed by atoms with van der Waals surface area (Å²) in [6.45, 7) is 6.39. The smallest absolute Gasteiger partial charge is 0.125 e. The summed E-state index contributed by atoms with van der Waals surface area (Å²) >= 11 is 0. The number of hydrogen-bond acceptors (Lipinski definition) is 4. The summed E-state index contributed by atoms with van der Waals surface area (Å²) in [7, 11) is 0. The van der Waals surface area contributed by atoms with Crippen molar-refractivity contribution in [3.8, 4) is 0 Å². The van der Waals surface area contributed by atoms with Gasteiger partial charge in [-0.25, -0.2) is 9.97 Å². The summed E-state index contributed by atoms with van der Waals surface area (Å²) < 4.78 is 0. The number of rotatable bonds is 3. The molecule has 0 spiro atoms. The van der Waals surface area contributed by atoms with Crippen LogP contribution in [0.5, 0.6) is 0 Å². The van der Waals surface area contributed by atoms with E-state index in [-0.39, 0.29) is 12.1 Å². The molecular formula is C14H24N4. The molecule has 2 unspecified atom stereocenters. The number of aromatic nitrogens is 2. The first-order valence-corrected chi connectivity index (χ1v) is 7.01. The molecule has 0 aromatic carbocycles. The number of hydrogen-bond donors (Lipinski definition) is 1. The summed E-state index contributed by atoms with van der Waals surface area (Å²) in [5.41, 5.74) is 7.47. The van der Waals surface area contributed by atoms with Crippen LogP contribution in [-0.2, 0) is 0 Å². The van der Waals surface area contributed by atoms with Crippen LogP contribution in [0.2, 0.25) is 0 Å². The zero-order chi connectivity index (χ0) is 13.0. The first kappa shape index (κ1) is 13.4. The van der Waals surface area contributed by atoms with Gasteiger partial charge < -0.3 is 5.73 Å². The van der Waals surface area contributed by atoms with Crippen molar-refractivity contribution >= 4 is 0 Å². The van der Waals surface area contributed by atoms with Crippen molar-refractivity contribution in [2.45, 2.75) is 51.6 Å². The molecule has 100 valence electrons. The summed E-state index contributed by atoms with van der Waals surface area (Å²) in [6.07, 6.45) is 6.57. The fraction of sp³-hybridized carbons (Fsp3) is 0.714. The Kier molecular flexibility index (Phi) is 4.66. The molecule has 1 aromatic rings. The second-order valence-corrected chi connectivity index (χ2v) is 5.17. The Labute approximate surface area is 110 Å². The van der Waals surface area contributed by atoms with Crippen LogP contribution >= 0.6 is 0 Å². The Morgan fingerprint density at radius 3 is 3.00 bits per heavy atom. The van der Waals surface area contributed by atoms with Crippen LogP contribution in [0.1, 0.15) is 50.2 Å². The zero-order valence-electron chi connectivity index (χ0n) is 11.5. The van der Waals surface area contributed by atoms with Gasteiger partial charge in [0, 0.05) is 12.2 Å². The van der Waals surface area contributed by atoms with E-state index in [1.54, 1.807) is 0 Å². The van der Waals surface area contributed by atoms with E-state index in [0.29, 0.717) is 0 Å². The Bertz CT molecular complexity index is 380. The van der Waals surface area contributed by atoms with Crippen LogP contribution in [0.15, 0.2) is 12.3 Å². The minimum Gasteiger partial charge on any atom is -0.326 e. The summed E-state index contributed by atoms with van der Waals surface area (Å²) in [4.78, 5) is 11.3. The quantitative estimate of drug-likeness (QED) is 0.889. The van der Waals surface area contributed by atoms with Crippen molar-refractivity contribution in [2.75, 3.05) is 13.1 Å². The number of nitrogens with zero attached hydrogens (tertiary/aromatic N) is 3. The van der Waals surface area contributed by atoms with E-state index in [1.165, 1.54) is 12.8 Å². The van der Waals surface area contributed by atoms with Crippen molar-refractivity contribution in [1.29, 1.82) is 0 Å². The molecule has 0 amide bonds. The minimum atomic E-state index is 0.188. The van der Waals surface area contributed by atoms with Gasteiger partial charge in [0.2, 0.25) is 0 Å². The van der Waals surface area contributed by atoms with Crippen LogP contribution in [0, 0.1) is 6.92 Å². The Hall–Kier alpha value is -1.00. The molecule has 1 saturated heterocycles. The predicted octanol–water partition coefficient (Wildman–Crippen LogP) is 2.05. The standard InChI is InChI=1S/C14H24N4/c1-3-9-18-10-5-4-6-12(15)14(18)13-7-8-16-11(2)17-13/h7-8,12,14H,3-6,9-10,15H2,1-2H3. The second kappa shape index (κ2) is 6.25. The van der Waals surface area contributed by atoms with E-state index in [9.17, 15) is 0 Å². The van der Waals surface area contributed by atoms with Gasteiger partial charge in [-0.3, -0.25) is 4.90 Å². The van der Waals surface area contributed by atoms with E-state index >= 15 is 0 Å². The lowest BCUT2D eigenvalue weighted by Gasteiger charge is -2.32. The van der Waals surface area contributed by atoms with Gasteiger partial charge in [0.05, 0.1) is 11.7 Å². The van der Waals surface area contributed by atoms with Gasteiger partial charge >= 0.3 is 0 Å². The molecular weight excluding hydrogens is 224 g/mol. The number of nitrogens with two attached hydrogens (primary N) is 1. The molecule has 1 aromatic heterocycles. The van der Waals surface area contributed by atoms with Gasteiger partial charge in [-0.15, -0.1) is 0 Å². The van der Waals surface area contributed by atoms with E-state index in [2.05, 4.69) is 21.8 Å². The lowest BCUT2D eigenvalue weighted by atomic mass is 10.0. The third kappa shape index (κ3) is 3.06. The maximum Gasteiger partial charge on any atom is 0.125 e. The lowest BCUT2D eigenvalue weighted by Crippen LogP contribution is -2.40. The van der Waals surface area contributed by atoms with E-state index in [4.69, 9.17) is 5.73 Å². The first-order valence-electron chi connectivity index (χ1n) is 7.01. The third-order valence-electron chi connectivity index (χ3n) is 3.64. The highest BCUT2D eigenvalue weighted by Crippen LogP contribution is 2.28. The number of likely N-dealkylation sites (tertiary alicyclic amines) is 1. The highest BCUT2D eigenvalue weighted by molar-refractivity contribution is 5.11. The van der Waals surface area contributed by atoms with Gasteiger partial charge in [0.25, 0.3) is 0 Å².